The summed E-state index contributed by atoms with van der Waals surface area (Å²) >= 11 is 1.74. The van der Waals surface area contributed by atoms with E-state index in [1.54, 1.807) is 23.5 Å². The average molecular weight is 379 g/mol. The standard InChI is InChI=1S/C20H26FNO3S/c1-15-8-10-26-20(15)13-22(12-19-3-2-9-24-19)11-17(23)14-25-18-6-4-16(21)5-7-18/h4-8,10,17,19,23H,2-3,9,11-14H2,1H3. The van der Waals surface area contributed by atoms with Gasteiger partial charge in [-0.3, -0.25) is 4.90 Å². The molecule has 3 rings (SSSR count). The lowest BCUT2D eigenvalue weighted by Crippen LogP contribution is -2.39. The summed E-state index contributed by atoms with van der Waals surface area (Å²) in [7, 11) is 0. The predicted octanol–water partition coefficient (Wildman–Crippen LogP) is 3.62. The van der Waals surface area contributed by atoms with Gasteiger partial charge in [0.05, 0.1) is 6.10 Å². The summed E-state index contributed by atoms with van der Waals surface area (Å²) in [6, 6.07) is 7.97. The molecule has 1 aliphatic rings. The lowest BCUT2D eigenvalue weighted by Gasteiger charge is -2.27. The van der Waals surface area contributed by atoms with Crippen LogP contribution in [0.15, 0.2) is 35.7 Å². The molecule has 142 valence electrons. The van der Waals surface area contributed by atoms with Crippen LogP contribution >= 0.6 is 11.3 Å². The number of hydrogen-bond acceptors (Lipinski definition) is 5. The monoisotopic (exact) mass is 379 g/mol. The third-order valence-corrected chi connectivity index (χ3v) is 5.55. The highest BCUT2D eigenvalue weighted by Crippen LogP contribution is 2.20. The third kappa shape index (κ3) is 5.77. The van der Waals surface area contributed by atoms with E-state index in [0.29, 0.717) is 12.3 Å². The first-order valence-electron chi connectivity index (χ1n) is 9.03. The van der Waals surface area contributed by atoms with E-state index in [4.69, 9.17) is 9.47 Å². The summed E-state index contributed by atoms with van der Waals surface area (Å²) < 4.78 is 24.3. The van der Waals surface area contributed by atoms with Gasteiger partial charge in [0, 0.05) is 31.1 Å². The van der Waals surface area contributed by atoms with Gasteiger partial charge in [-0.1, -0.05) is 0 Å². The molecule has 4 nitrogen and oxygen atoms in total. The lowest BCUT2D eigenvalue weighted by atomic mass is 10.2. The summed E-state index contributed by atoms with van der Waals surface area (Å²) in [5, 5.41) is 12.5. The Balaban J connectivity index is 1.54. The van der Waals surface area contributed by atoms with Gasteiger partial charge >= 0.3 is 0 Å². The highest BCUT2D eigenvalue weighted by molar-refractivity contribution is 7.10. The molecule has 0 bridgehead atoms. The molecule has 2 unspecified atom stereocenters. The maximum absolute atomic E-state index is 12.9. The maximum Gasteiger partial charge on any atom is 0.123 e. The SMILES string of the molecule is Cc1ccsc1CN(CC(O)COc1ccc(F)cc1)CC1CCCO1. The summed E-state index contributed by atoms with van der Waals surface area (Å²) in [5.74, 6) is 0.261. The summed E-state index contributed by atoms with van der Waals surface area (Å²) in [6.45, 7) is 5.24. The minimum Gasteiger partial charge on any atom is -0.491 e. The number of halogens is 1. The second-order valence-electron chi connectivity index (χ2n) is 6.77. The van der Waals surface area contributed by atoms with E-state index < -0.39 is 6.10 Å². The predicted molar refractivity (Wildman–Crippen MR) is 101 cm³/mol. The molecule has 1 aromatic heterocycles. The molecule has 1 fully saturated rings. The van der Waals surface area contributed by atoms with E-state index in [9.17, 15) is 9.50 Å². The summed E-state index contributed by atoms with van der Waals surface area (Å²) in [5.41, 5.74) is 1.28. The molecular formula is C20H26FNO3S. The van der Waals surface area contributed by atoms with Crippen LogP contribution in [0.1, 0.15) is 23.3 Å². The normalized spacial score (nSPS) is 18.4. The van der Waals surface area contributed by atoms with E-state index in [-0.39, 0.29) is 18.5 Å². The molecule has 2 heterocycles. The fourth-order valence-corrected chi connectivity index (χ4v) is 4.07. The van der Waals surface area contributed by atoms with Crippen molar-refractivity contribution in [2.45, 2.75) is 38.5 Å². The van der Waals surface area contributed by atoms with Crippen LogP contribution in [0.3, 0.4) is 0 Å². The third-order valence-electron chi connectivity index (χ3n) is 4.55. The van der Waals surface area contributed by atoms with E-state index in [1.807, 2.05) is 0 Å². The van der Waals surface area contributed by atoms with Crippen LogP contribution in [0.5, 0.6) is 5.75 Å². The van der Waals surface area contributed by atoms with Gasteiger partial charge in [0.25, 0.3) is 0 Å². The Bertz CT molecular complexity index is 670. The largest absolute Gasteiger partial charge is 0.491 e. The van der Waals surface area contributed by atoms with Gasteiger partial charge in [0.2, 0.25) is 0 Å². The quantitative estimate of drug-likeness (QED) is 0.723. The molecule has 2 aromatic rings. The number of rotatable bonds is 9. The number of ether oxygens (including phenoxy) is 2. The van der Waals surface area contributed by atoms with Gasteiger partial charge in [-0.15, -0.1) is 11.3 Å². The van der Waals surface area contributed by atoms with Crippen molar-refractivity contribution in [3.63, 3.8) is 0 Å². The van der Waals surface area contributed by atoms with Gasteiger partial charge in [-0.25, -0.2) is 4.39 Å². The summed E-state index contributed by atoms with van der Waals surface area (Å²) in [6.07, 6.45) is 1.79. The van der Waals surface area contributed by atoms with Crippen LogP contribution in [0.2, 0.25) is 0 Å². The number of aryl methyl sites for hydroxylation is 1. The van der Waals surface area contributed by atoms with Crippen molar-refractivity contribution in [2.75, 3.05) is 26.3 Å². The zero-order valence-electron chi connectivity index (χ0n) is 15.1. The Morgan fingerprint density at radius 2 is 2.15 bits per heavy atom. The van der Waals surface area contributed by atoms with Gasteiger partial charge in [-0.2, -0.15) is 0 Å². The van der Waals surface area contributed by atoms with Crippen molar-refractivity contribution in [1.29, 1.82) is 0 Å². The number of nitrogens with zero attached hydrogens (tertiary/aromatic N) is 1. The van der Waals surface area contributed by atoms with Gasteiger partial charge in [0.1, 0.15) is 24.3 Å². The molecule has 0 saturated carbocycles. The highest BCUT2D eigenvalue weighted by atomic mass is 32.1. The molecule has 0 aliphatic carbocycles. The fourth-order valence-electron chi connectivity index (χ4n) is 3.12. The molecule has 0 radical (unpaired) electrons. The van der Waals surface area contributed by atoms with Crippen LogP contribution in [0, 0.1) is 12.7 Å². The van der Waals surface area contributed by atoms with Crippen LogP contribution < -0.4 is 4.74 Å². The van der Waals surface area contributed by atoms with E-state index in [1.165, 1.54) is 22.6 Å². The second-order valence-corrected chi connectivity index (χ2v) is 7.78. The number of hydrogen-bond donors (Lipinski definition) is 1. The minimum atomic E-state index is -0.623. The molecule has 6 heteroatoms. The van der Waals surface area contributed by atoms with Crippen LogP contribution in [0.25, 0.3) is 0 Å². The minimum absolute atomic E-state index is 0.178. The van der Waals surface area contributed by atoms with Crippen molar-refractivity contribution >= 4 is 11.3 Å². The van der Waals surface area contributed by atoms with Crippen LogP contribution in [0.4, 0.5) is 4.39 Å². The zero-order chi connectivity index (χ0) is 18.4. The van der Waals surface area contributed by atoms with Gasteiger partial charge in [0.15, 0.2) is 0 Å². The number of benzene rings is 1. The topological polar surface area (TPSA) is 41.9 Å². The Kier molecular flexibility index (Phi) is 7.02. The number of aliphatic hydroxyl groups excluding tert-OH is 1. The zero-order valence-corrected chi connectivity index (χ0v) is 15.9. The van der Waals surface area contributed by atoms with Crippen molar-refractivity contribution in [3.05, 3.63) is 52.0 Å². The van der Waals surface area contributed by atoms with E-state index >= 15 is 0 Å². The molecule has 0 amide bonds. The molecule has 1 saturated heterocycles. The average Bonchev–Trinajstić information content (AvgIpc) is 3.27. The van der Waals surface area contributed by atoms with Crippen molar-refractivity contribution in [1.82, 2.24) is 4.90 Å². The number of thiophene rings is 1. The van der Waals surface area contributed by atoms with Crippen LogP contribution in [-0.2, 0) is 11.3 Å². The molecule has 26 heavy (non-hydrogen) atoms. The molecule has 1 aliphatic heterocycles. The smallest absolute Gasteiger partial charge is 0.123 e. The first-order valence-corrected chi connectivity index (χ1v) is 9.91. The first kappa shape index (κ1) is 19.3. The highest BCUT2D eigenvalue weighted by Gasteiger charge is 2.22. The maximum atomic E-state index is 12.9. The Morgan fingerprint density at radius 1 is 1.35 bits per heavy atom. The van der Waals surface area contributed by atoms with Crippen molar-refractivity contribution in [2.24, 2.45) is 0 Å². The second kappa shape index (κ2) is 9.46. The summed E-state index contributed by atoms with van der Waals surface area (Å²) in [4.78, 5) is 3.56. The molecule has 1 aromatic carbocycles. The Labute approximate surface area is 158 Å². The molecule has 2 atom stereocenters. The van der Waals surface area contributed by atoms with E-state index in [0.717, 1.165) is 32.5 Å². The number of aliphatic hydroxyl groups is 1. The first-order chi connectivity index (χ1) is 12.6. The molecular weight excluding hydrogens is 353 g/mol. The van der Waals surface area contributed by atoms with Crippen LogP contribution in [-0.4, -0.2) is 48.5 Å². The van der Waals surface area contributed by atoms with E-state index in [2.05, 4.69) is 23.3 Å². The van der Waals surface area contributed by atoms with Gasteiger partial charge in [-0.05, 0) is 61.0 Å². The fraction of sp³-hybridized carbons (Fsp3) is 0.500. The Hall–Kier alpha value is -1.47. The molecule has 1 N–H and O–H groups in total. The van der Waals surface area contributed by atoms with Crippen molar-refractivity contribution < 1.29 is 19.0 Å². The van der Waals surface area contributed by atoms with Crippen molar-refractivity contribution in [3.8, 4) is 5.75 Å². The molecule has 0 spiro atoms. The Morgan fingerprint density at radius 3 is 2.81 bits per heavy atom. The van der Waals surface area contributed by atoms with Gasteiger partial charge < -0.3 is 14.6 Å². The lowest BCUT2D eigenvalue weighted by molar-refractivity contribution is 0.0316.